The number of thioether (sulfide) groups is 1. The average molecular weight is 308 g/mol. The van der Waals surface area contributed by atoms with E-state index < -0.39 is 5.97 Å². The SMILES string of the molecule is O=C(O)CCC(NC(=O)NC1CCSC1)c1ccccc1. The van der Waals surface area contributed by atoms with Crippen LogP contribution in [0.15, 0.2) is 30.3 Å². The molecule has 6 heteroatoms. The first kappa shape index (κ1) is 15.7. The molecule has 0 spiro atoms. The summed E-state index contributed by atoms with van der Waals surface area (Å²) in [6.07, 6.45) is 1.40. The number of carbonyl (C=O) groups is 2. The second-order valence-electron chi connectivity index (χ2n) is 5.07. The molecule has 21 heavy (non-hydrogen) atoms. The van der Waals surface area contributed by atoms with Gasteiger partial charge in [0.15, 0.2) is 0 Å². The molecule has 1 aromatic rings. The molecule has 1 heterocycles. The van der Waals surface area contributed by atoms with Crippen LogP contribution < -0.4 is 10.6 Å². The van der Waals surface area contributed by atoms with Crippen molar-refractivity contribution in [3.8, 4) is 0 Å². The van der Waals surface area contributed by atoms with E-state index >= 15 is 0 Å². The first-order valence-corrected chi connectivity index (χ1v) is 8.22. The third-order valence-corrected chi connectivity index (χ3v) is 4.58. The molecule has 5 nitrogen and oxygen atoms in total. The molecule has 2 rings (SSSR count). The quantitative estimate of drug-likeness (QED) is 0.754. The van der Waals surface area contributed by atoms with Gasteiger partial charge in [0, 0.05) is 18.2 Å². The third kappa shape index (κ3) is 5.30. The molecular formula is C15H20N2O3S. The van der Waals surface area contributed by atoms with Crippen LogP contribution in [-0.4, -0.2) is 34.7 Å². The van der Waals surface area contributed by atoms with E-state index in [-0.39, 0.29) is 24.5 Å². The summed E-state index contributed by atoms with van der Waals surface area (Å²) in [4.78, 5) is 22.8. The van der Waals surface area contributed by atoms with Gasteiger partial charge in [-0.05, 0) is 24.2 Å². The second-order valence-corrected chi connectivity index (χ2v) is 6.22. The summed E-state index contributed by atoms with van der Waals surface area (Å²) in [5.41, 5.74) is 0.926. The normalized spacial score (nSPS) is 19.0. The molecule has 0 aliphatic carbocycles. The molecule has 0 saturated carbocycles. The van der Waals surface area contributed by atoms with Gasteiger partial charge in [0.2, 0.25) is 0 Å². The lowest BCUT2D eigenvalue weighted by Gasteiger charge is -2.20. The van der Waals surface area contributed by atoms with Gasteiger partial charge >= 0.3 is 12.0 Å². The number of carboxylic acids is 1. The molecule has 0 radical (unpaired) electrons. The Morgan fingerprint density at radius 1 is 1.33 bits per heavy atom. The molecule has 0 bridgehead atoms. The van der Waals surface area contributed by atoms with Gasteiger partial charge < -0.3 is 15.7 Å². The zero-order chi connectivity index (χ0) is 15.1. The van der Waals surface area contributed by atoms with E-state index in [0.29, 0.717) is 6.42 Å². The Morgan fingerprint density at radius 3 is 2.71 bits per heavy atom. The van der Waals surface area contributed by atoms with E-state index in [1.165, 1.54) is 0 Å². The molecule has 1 fully saturated rings. The van der Waals surface area contributed by atoms with E-state index in [1.807, 2.05) is 42.1 Å². The molecule has 114 valence electrons. The van der Waals surface area contributed by atoms with Gasteiger partial charge in [0.05, 0.1) is 6.04 Å². The summed E-state index contributed by atoms with van der Waals surface area (Å²) in [5, 5.41) is 14.7. The topological polar surface area (TPSA) is 78.4 Å². The van der Waals surface area contributed by atoms with Crippen LogP contribution in [0.25, 0.3) is 0 Å². The average Bonchev–Trinajstić information content (AvgIpc) is 2.97. The summed E-state index contributed by atoms with van der Waals surface area (Å²) in [6, 6.07) is 9.18. The molecule has 0 aromatic heterocycles. The third-order valence-electron chi connectivity index (χ3n) is 3.42. The highest BCUT2D eigenvalue weighted by Gasteiger charge is 2.20. The summed E-state index contributed by atoms with van der Waals surface area (Å²) in [5.74, 6) is 1.16. The first-order chi connectivity index (χ1) is 10.1. The molecule has 2 unspecified atom stereocenters. The van der Waals surface area contributed by atoms with Crippen LogP contribution in [0.5, 0.6) is 0 Å². The van der Waals surface area contributed by atoms with Crippen molar-refractivity contribution in [3.05, 3.63) is 35.9 Å². The minimum Gasteiger partial charge on any atom is -0.481 e. The van der Waals surface area contributed by atoms with Crippen LogP contribution in [0.2, 0.25) is 0 Å². The van der Waals surface area contributed by atoms with Crippen LogP contribution >= 0.6 is 11.8 Å². The molecule has 1 aromatic carbocycles. The van der Waals surface area contributed by atoms with E-state index in [4.69, 9.17) is 5.11 Å². The van der Waals surface area contributed by atoms with Gasteiger partial charge in [0.25, 0.3) is 0 Å². The highest BCUT2D eigenvalue weighted by Crippen LogP contribution is 2.19. The largest absolute Gasteiger partial charge is 0.481 e. The zero-order valence-electron chi connectivity index (χ0n) is 11.7. The molecular weight excluding hydrogens is 288 g/mol. The van der Waals surface area contributed by atoms with E-state index in [1.54, 1.807) is 0 Å². The Hall–Kier alpha value is -1.69. The number of benzene rings is 1. The van der Waals surface area contributed by atoms with Gasteiger partial charge in [0.1, 0.15) is 0 Å². The number of nitrogens with one attached hydrogen (secondary N) is 2. The molecule has 3 N–H and O–H groups in total. The fourth-order valence-corrected chi connectivity index (χ4v) is 3.46. The van der Waals surface area contributed by atoms with Crippen molar-refractivity contribution in [2.75, 3.05) is 11.5 Å². The van der Waals surface area contributed by atoms with Crippen molar-refractivity contribution in [1.29, 1.82) is 0 Å². The number of amides is 2. The summed E-state index contributed by atoms with van der Waals surface area (Å²) >= 11 is 1.83. The number of hydrogen-bond donors (Lipinski definition) is 3. The Morgan fingerprint density at radius 2 is 2.10 bits per heavy atom. The number of carbonyl (C=O) groups excluding carboxylic acids is 1. The van der Waals surface area contributed by atoms with Gasteiger partial charge in [-0.25, -0.2) is 4.79 Å². The monoisotopic (exact) mass is 308 g/mol. The van der Waals surface area contributed by atoms with E-state index in [0.717, 1.165) is 23.5 Å². The molecule has 2 amide bonds. The van der Waals surface area contributed by atoms with Crippen LogP contribution in [0, 0.1) is 0 Å². The van der Waals surface area contributed by atoms with Gasteiger partial charge in [-0.15, -0.1) is 0 Å². The predicted octanol–water partition coefficient (Wildman–Crippen LogP) is 2.40. The maximum atomic E-state index is 12.0. The maximum Gasteiger partial charge on any atom is 0.315 e. The molecule has 1 aliphatic heterocycles. The molecule has 2 atom stereocenters. The van der Waals surface area contributed by atoms with Crippen molar-refractivity contribution in [2.24, 2.45) is 0 Å². The number of aliphatic carboxylic acids is 1. The van der Waals surface area contributed by atoms with Crippen molar-refractivity contribution in [1.82, 2.24) is 10.6 Å². The Labute approximate surface area is 128 Å². The van der Waals surface area contributed by atoms with Gasteiger partial charge in [-0.1, -0.05) is 30.3 Å². The Balaban J connectivity index is 1.94. The summed E-state index contributed by atoms with van der Waals surface area (Å²) in [7, 11) is 0. The van der Waals surface area contributed by atoms with Crippen LogP contribution in [-0.2, 0) is 4.79 Å². The van der Waals surface area contributed by atoms with E-state index in [9.17, 15) is 9.59 Å². The Kier molecular flexibility index (Phi) is 5.92. The van der Waals surface area contributed by atoms with Crippen LogP contribution in [0.4, 0.5) is 4.79 Å². The Bertz CT molecular complexity index is 475. The second kappa shape index (κ2) is 7.93. The predicted molar refractivity (Wildman–Crippen MR) is 83.5 cm³/mol. The number of carboxylic acid groups (broad SMARTS) is 1. The smallest absolute Gasteiger partial charge is 0.315 e. The van der Waals surface area contributed by atoms with Crippen LogP contribution in [0.3, 0.4) is 0 Å². The fourth-order valence-electron chi connectivity index (χ4n) is 2.31. The van der Waals surface area contributed by atoms with Crippen LogP contribution in [0.1, 0.15) is 30.9 Å². The summed E-state index contributed by atoms with van der Waals surface area (Å²) < 4.78 is 0. The van der Waals surface area contributed by atoms with Crippen molar-refractivity contribution < 1.29 is 14.7 Å². The van der Waals surface area contributed by atoms with Gasteiger partial charge in [-0.3, -0.25) is 4.79 Å². The molecule has 1 saturated heterocycles. The highest BCUT2D eigenvalue weighted by atomic mass is 32.2. The van der Waals surface area contributed by atoms with Crippen molar-refractivity contribution in [2.45, 2.75) is 31.3 Å². The van der Waals surface area contributed by atoms with Crippen molar-refractivity contribution in [3.63, 3.8) is 0 Å². The highest BCUT2D eigenvalue weighted by molar-refractivity contribution is 7.99. The number of rotatable bonds is 6. The maximum absolute atomic E-state index is 12.0. The number of hydrogen-bond acceptors (Lipinski definition) is 3. The lowest BCUT2D eigenvalue weighted by Crippen LogP contribution is -2.43. The lowest BCUT2D eigenvalue weighted by molar-refractivity contribution is -0.137. The minimum absolute atomic E-state index is 0.0269. The number of urea groups is 1. The molecule has 1 aliphatic rings. The van der Waals surface area contributed by atoms with Crippen molar-refractivity contribution >= 4 is 23.8 Å². The first-order valence-electron chi connectivity index (χ1n) is 7.06. The standard InChI is InChI=1S/C15H20N2O3S/c18-14(19)7-6-13(11-4-2-1-3-5-11)17-15(20)16-12-8-9-21-10-12/h1-5,12-13H,6-10H2,(H,18,19)(H2,16,17,20). The zero-order valence-corrected chi connectivity index (χ0v) is 12.6. The van der Waals surface area contributed by atoms with E-state index in [2.05, 4.69) is 10.6 Å². The minimum atomic E-state index is -0.856. The van der Waals surface area contributed by atoms with Gasteiger partial charge in [-0.2, -0.15) is 11.8 Å². The summed E-state index contributed by atoms with van der Waals surface area (Å²) in [6.45, 7) is 0. The fraction of sp³-hybridized carbons (Fsp3) is 0.467. The lowest BCUT2D eigenvalue weighted by atomic mass is 10.0.